The lowest BCUT2D eigenvalue weighted by Crippen LogP contribution is -3.08. The fourth-order valence-electron chi connectivity index (χ4n) is 2.20. The molecule has 0 radical (unpaired) electrons. The molecule has 2 rings (SSSR count). The van der Waals surface area contributed by atoms with E-state index in [2.05, 4.69) is 17.0 Å². The highest BCUT2D eigenvalue weighted by Gasteiger charge is 2.17. The normalized spacial score (nSPS) is 27.5. The Morgan fingerprint density at radius 3 is 2.93 bits per heavy atom. The van der Waals surface area contributed by atoms with Crippen LogP contribution in [0.5, 0.6) is 0 Å². The summed E-state index contributed by atoms with van der Waals surface area (Å²) in [4.78, 5) is 9.49. The third kappa shape index (κ3) is 2.51. The molecule has 76 valence electrons. The summed E-state index contributed by atoms with van der Waals surface area (Å²) in [6, 6.07) is 0. The van der Waals surface area contributed by atoms with Gasteiger partial charge in [0.1, 0.15) is 6.33 Å². The Kier molecular flexibility index (Phi) is 3.09. The second-order valence-electron chi connectivity index (χ2n) is 4.16. The number of hydrogen-bond acceptors (Lipinski definition) is 2. The van der Waals surface area contributed by atoms with Crippen LogP contribution in [-0.4, -0.2) is 23.1 Å². The minimum absolute atomic E-state index is 0.766. The molecule has 3 heteroatoms. The lowest BCUT2D eigenvalue weighted by Gasteiger charge is -2.31. The zero-order valence-corrected chi connectivity index (χ0v) is 8.45. The predicted octanol–water partition coefficient (Wildman–Crippen LogP) is 0.106. The number of likely N-dealkylation sites (tertiary alicyclic amines) is 1. The standard InChI is InChI=1S/C11H17N3/c1-14-4-2-3-10(8-14)5-11-6-12-9-13-7-11/h6-7,9-10,14H,1-5,8H2. The summed E-state index contributed by atoms with van der Waals surface area (Å²) in [5.41, 5.74) is 1.26. The van der Waals surface area contributed by atoms with Crippen LogP contribution in [0.25, 0.3) is 0 Å². The number of nitrogens with one attached hydrogen (secondary N) is 1. The van der Waals surface area contributed by atoms with Crippen LogP contribution in [0.3, 0.4) is 0 Å². The van der Waals surface area contributed by atoms with Gasteiger partial charge in [0.25, 0.3) is 0 Å². The Bertz CT molecular complexity index is 273. The summed E-state index contributed by atoms with van der Waals surface area (Å²) < 4.78 is 0. The van der Waals surface area contributed by atoms with Crippen LogP contribution in [-0.2, 0) is 6.42 Å². The highest BCUT2D eigenvalue weighted by atomic mass is 15.1. The van der Waals surface area contributed by atoms with E-state index in [1.165, 1.54) is 36.4 Å². The second kappa shape index (κ2) is 4.51. The molecule has 0 aromatic carbocycles. The van der Waals surface area contributed by atoms with E-state index < -0.39 is 0 Å². The topological polar surface area (TPSA) is 30.2 Å². The highest BCUT2D eigenvalue weighted by Crippen LogP contribution is 2.13. The van der Waals surface area contributed by atoms with E-state index >= 15 is 0 Å². The zero-order chi connectivity index (χ0) is 9.80. The summed E-state index contributed by atoms with van der Waals surface area (Å²) in [6.45, 7) is 2.41. The molecule has 1 saturated heterocycles. The molecule has 0 amide bonds. The minimum Gasteiger partial charge on any atom is -0.468 e. The van der Waals surface area contributed by atoms with Crippen molar-refractivity contribution in [2.24, 2.45) is 5.92 Å². The van der Waals surface area contributed by atoms with Crippen LogP contribution in [0.4, 0.5) is 0 Å². The summed E-state index contributed by atoms with van der Waals surface area (Å²) in [5, 5.41) is 0. The van der Waals surface area contributed by atoms with Gasteiger partial charge < -0.3 is 4.90 Å². The first kappa shape index (κ1) is 9.59. The van der Waals surface area contributed by atoms with E-state index in [1.807, 2.05) is 12.4 Å². The second-order valence-corrected chi connectivity index (χ2v) is 4.16. The van der Waals surface area contributed by atoms with E-state index in [0.29, 0.717) is 0 Å². The molecule has 0 spiro atoms. The predicted molar refractivity (Wildman–Crippen MR) is 54.5 cm³/mol. The van der Waals surface area contributed by atoms with Gasteiger partial charge in [0, 0.05) is 18.3 Å². The molecule has 0 saturated carbocycles. The summed E-state index contributed by atoms with van der Waals surface area (Å²) in [7, 11) is 4.07. The lowest BCUT2D eigenvalue weighted by molar-refractivity contribution is -0.863. The number of hydrogen-bond donors (Lipinski definition) is 1. The fraction of sp³-hybridized carbons (Fsp3) is 0.545. The molecule has 14 heavy (non-hydrogen) atoms. The van der Waals surface area contributed by atoms with Crippen LogP contribution in [0, 0.1) is 13.0 Å². The Morgan fingerprint density at radius 1 is 1.43 bits per heavy atom. The highest BCUT2D eigenvalue weighted by molar-refractivity contribution is 5.03. The van der Waals surface area contributed by atoms with Gasteiger partial charge in [-0.1, -0.05) is 0 Å². The van der Waals surface area contributed by atoms with Gasteiger partial charge in [0.2, 0.25) is 0 Å². The van der Waals surface area contributed by atoms with Crippen molar-refractivity contribution in [3.8, 4) is 0 Å². The van der Waals surface area contributed by atoms with Gasteiger partial charge in [-0.25, -0.2) is 9.97 Å². The van der Waals surface area contributed by atoms with E-state index in [0.717, 1.165) is 12.3 Å². The zero-order valence-electron chi connectivity index (χ0n) is 8.45. The van der Waals surface area contributed by atoms with Crippen molar-refractivity contribution in [2.75, 3.05) is 13.1 Å². The van der Waals surface area contributed by atoms with Crippen LogP contribution < -0.4 is 4.90 Å². The molecule has 2 atom stereocenters. The minimum atomic E-state index is 0.766. The van der Waals surface area contributed by atoms with Crippen LogP contribution in [0.2, 0.25) is 0 Å². The van der Waals surface area contributed by atoms with Gasteiger partial charge >= 0.3 is 0 Å². The molecule has 1 aromatic heterocycles. The third-order valence-electron chi connectivity index (χ3n) is 2.86. The van der Waals surface area contributed by atoms with E-state index in [4.69, 9.17) is 0 Å². The van der Waals surface area contributed by atoms with Gasteiger partial charge in [-0.05, 0) is 24.8 Å². The quantitative estimate of drug-likeness (QED) is 0.672. The van der Waals surface area contributed by atoms with Crippen molar-refractivity contribution in [1.29, 1.82) is 0 Å². The number of quaternary nitrogens is 1. The molecule has 3 nitrogen and oxygen atoms in total. The molecule has 1 N–H and O–H groups in total. The van der Waals surface area contributed by atoms with Gasteiger partial charge in [0.15, 0.2) is 0 Å². The monoisotopic (exact) mass is 191 g/mol. The number of rotatable bonds is 2. The largest absolute Gasteiger partial charge is 0.468 e. The van der Waals surface area contributed by atoms with E-state index in [-0.39, 0.29) is 0 Å². The number of nitrogens with zero attached hydrogens (tertiary/aromatic N) is 2. The smallest absolute Gasteiger partial charge is 0.115 e. The maximum atomic E-state index is 4.07. The number of aromatic nitrogens is 2. The summed E-state index contributed by atoms with van der Waals surface area (Å²) in [6.07, 6.45) is 9.17. The first-order chi connectivity index (χ1) is 6.84. The molecule has 1 aliphatic rings. The maximum Gasteiger partial charge on any atom is 0.115 e. The summed E-state index contributed by atoms with van der Waals surface area (Å²) in [5.74, 6) is 0.766. The van der Waals surface area contributed by atoms with Crippen molar-refractivity contribution < 1.29 is 4.90 Å². The molecular formula is C11H17N3. The molecule has 0 bridgehead atoms. The first-order valence-electron chi connectivity index (χ1n) is 5.25. The molecule has 1 aliphatic heterocycles. The Morgan fingerprint density at radius 2 is 2.21 bits per heavy atom. The van der Waals surface area contributed by atoms with Crippen molar-refractivity contribution >= 4 is 0 Å². The Hall–Kier alpha value is -0.960. The summed E-state index contributed by atoms with van der Waals surface area (Å²) >= 11 is 0. The lowest BCUT2D eigenvalue weighted by atomic mass is 9.93. The average molecular weight is 191 g/mol. The van der Waals surface area contributed by atoms with Crippen LogP contribution >= 0.6 is 0 Å². The average Bonchev–Trinajstić information content (AvgIpc) is 2.19. The first-order valence-corrected chi connectivity index (χ1v) is 5.25. The molecule has 1 fully saturated rings. The van der Waals surface area contributed by atoms with Gasteiger partial charge in [-0.15, -0.1) is 0 Å². The SMILES string of the molecule is [CH2-][NH+]1CCCC(Cc2cncnc2)C1. The number of piperidine rings is 1. The van der Waals surface area contributed by atoms with E-state index in [1.54, 1.807) is 6.33 Å². The molecule has 2 unspecified atom stereocenters. The third-order valence-corrected chi connectivity index (χ3v) is 2.86. The van der Waals surface area contributed by atoms with E-state index in [9.17, 15) is 0 Å². The molecule has 0 aliphatic carbocycles. The van der Waals surface area contributed by atoms with Crippen LogP contribution in [0.15, 0.2) is 18.7 Å². The maximum absolute atomic E-state index is 4.07. The van der Waals surface area contributed by atoms with Crippen molar-refractivity contribution in [2.45, 2.75) is 19.3 Å². The van der Waals surface area contributed by atoms with Gasteiger partial charge in [-0.3, -0.25) is 0 Å². The molecule has 2 heterocycles. The Labute approximate surface area is 85.2 Å². The van der Waals surface area contributed by atoms with Crippen molar-refractivity contribution in [1.82, 2.24) is 9.97 Å². The Balaban J connectivity index is 1.91. The van der Waals surface area contributed by atoms with Gasteiger partial charge in [-0.2, -0.15) is 7.05 Å². The van der Waals surface area contributed by atoms with Gasteiger partial charge in [0.05, 0.1) is 13.1 Å². The van der Waals surface area contributed by atoms with Crippen molar-refractivity contribution in [3.63, 3.8) is 0 Å². The molecular weight excluding hydrogens is 174 g/mol. The fourth-order valence-corrected chi connectivity index (χ4v) is 2.20. The molecule has 1 aromatic rings. The van der Waals surface area contributed by atoms with Crippen LogP contribution in [0.1, 0.15) is 18.4 Å². The van der Waals surface area contributed by atoms with Crippen molar-refractivity contribution in [3.05, 3.63) is 31.3 Å².